The summed E-state index contributed by atoms with van der Waals surface area (Å²) in [4.78, 5) is 10.9. The number of aryl methyl sites for hydroxylation is 1. The molecule has 0 saturated carbocycles. The third kappa shape index (κ3) is 2.50. The Kier molecular flexibility index (Phi) is 3.10. The van der Waals surface area contributed by atoms with Gasteiger partial charge in [0.05, 0.1) is 11.3 Å². The minimum Gasteiger partial charge on any atom is -0.390 e. The molecule has 0 spiro atoms. The van der Waals surface area contributed by atoms with Crippen molar-refractivity contribution in [1.29, 1.82) is 0 Å². The van der Waals surface area contributed by atoms with Gasteiger partial charge in [0.25, 0.3) is 0 Å². The molecule has 1 atom stereocenters. The molecule has 0 bridgehead atoms. The van der Waals surface area contributed by atoms with Crippen LogP contribution in [0.5, 0.6) is 0 Å². The van der Waals surface area contributed by atoms with Gasteiger partial charge in [0.15, 0.2) is 0 Å². The Balaban J connectivity index is 2.14. The van der Waals surface area contributed by atoms with E-state index in [1.807, 2.05) is 13.8 Å². The first-order valence-electron chi connectivity index (χ1n) is 5.83. The summed E-state index contributed by atoms with van der Waals surface area (Å²) in [6.07, 6.45) is 6.10. The third-order valence-corrected chi connectivity index (χ3v) is 3.22. The zero-order valence-corrected chi connectivity index (χ0v) is 9.98. The first-order valence-corrected chi connectivity index (χ1v) is 5.83. The van der Waals surface area contributed by atoms with Crippen molar-refractivity contribution in [3.05, 3.63) is 18.1 Å². The molecule has 1 N–H and O–H groups in total. The first-order chi connectivity index (χ1) is 7.58. The highest BCUT2D eigenvalue weighted by atomic mass is 16.3. The zero-order valence-electron chi connectivity index (χ0n) is 9.98. The Morgan fingerprint density at radius 3 is 2.75 bits per heavy atom. The molecule has 2 rings (SSSR count). The molecule has 0 amide bonds. The van der Waals surface area contributed by atoms with Crippen LogP contribution < -0.4 is 4.90 Å². The van der Waals surface area contributed by atoms with Crippen LogP contribution in [0.3, 0.4) is 0 Å². The third-order valence-electron chi connectivity index (χ3n) is 3.22. The Morgan fingerprint density at radius 1 is 1.25 bits per heavy atom. The minimum atomic E-state index is -0.523. The van der Waals surface area contributed by atoms with Crippen LogP contribution in [-0.4, -0.2) is 33.8 Å². The van der Waals surface area contributed by atoms with E-state index in [1.54, 1.807) is 12.4 Å². The van der Waals surface area contributed by atoms with E-state index >= 15 is 0 Å². The smallest absolute Gasteiger partial charge is 0.150 e. The van der Waals surface area contributed by atoms with Gasteiger partial charge >= 0.3 is 0 Å². The summed E-state index contributed by atoms with van der Waals surface area (Å²) < 4.78 is 0. The van der Waals surface area contributed by atoms with Crippen LogP contribution in [-0.2, 0) is 0 Å². The Bertz CT molecular complexity index is 365. The van der Waals surface area contributed by atoms with Gasteiger partial charge < -0.3 is 10.0 Å². The maximum Gasteiger partial charge on any atom is 0.150 e. The molecule has 88 valence electrons. The Labute approximate surface area is 96.3 Å². The van der Waals surface area contributed by atoms with Crippen molar-refractivity contribution >= 4 is 5.82 Å². The number of aromatic nitrogens is 2. The molecule has 4 nitrogen and oxygen atoms in total. The summed E-state index contributed by atoms with van der Waals surface area (Å²) in [7, 11) is 0. The minimum absolute atomic E-state index is 0.523. The molecule has 1 fully saturated rings. The van der Waals surface area contributed by atoms with Crippen molar-refractivity contribution in [3.8, 4) is 0 Å². The van der Waals surface area contributed by atoms with E-state index in [1.165, 1.54) is 0 Å². The molecule has 0 radical (unpaired) electrons. The van der Waals surface area contributed by atoms with Crippen LogP contribution in [0.2, 0.25) is 0 Å². The summed E-state index contributed by atoms with van der Waals surface area (Å²) in [5, 5.41) is 10.0. The summed E-state index contributed by atoms with van der Waals surface area (Å²) in [6.45, 7) is 5.70. The van der Waals surface area contributed by atoms with Crippen LogP contribution in [0.25, 0.3) is 0 Å². The van der Waals surface area contributed by atoms with Gasteiger partial charge in [0, 0.05) is 25.5 Å². The molecule has 1 aromatic rings. The lowest BCUT2D eigenvalue weighted by Crippen LogP contribution is -2.29. The molecular weight excluding hydrogens is 202 g/mol. The van der Waals surface area contributed by atoms with Gasteiger partial charge in [-0.3, -0.25) is 4.98 Å². The fraction of sp³-hybridized carbons (Fsp3) is 0.667. The second-order valence-corrected chi connectivity index (χ2v) is 4.80. The van der Waals surface area contributed by atoms with Crippen LogP contribution in [0, 0.1) is 6.92 Å². The van der Waals surface area contributed by atoms with Crippen molar-refractivity contribution in [2.45, 2.75) is 38.7 Å². The van der Waals surface area contributed by atoms with Crippen LogP contribution in [0.4, 0.5) is 5.82 Å². The molecular formula is C12H19N3O. The monoisotopic (exact) mass is 221 g/mol. The van der Waals surface area contributed by atoms with Crippen LogP contribution >= 0.6 is 0 Å². The summed E-state index contributed by atoms with van der Waals surface area (Å²) in [5.41, 5.74) is 0.439. The SMILES string of the molecule is Cc1nccnc1N1CCCC(C)(O)CC1. The molecule has 0 aliphatic carbocycles. The number of hydrogen-bond acceptors (Lipinski definition) is 4. The van der Waals surface area contributed by atoms with E-state index in [-0.39, 0.29) is 0 Å². The predicted octanol–water partition coefficient (Wildman–Crippen LogP) is 1.53. The molecule has 16 heavy (non-hydrogen) atoms. The van der Waals surface area contributed by atoms with E-state index in [2.05, 4.69) is 14.9 Å². The standard InChI is InChI=1S/C12H19N3O/c1-10-11(14-7-6-13-10)15-8-3-4-12(2,16)5-9-15/h6-7,16H,3-5,8-9H2,1-2H3. The number of rotatable bonds is 1. The second kappa shape index (κ2) is 4.37. The number of anilines is 1. The lowest BCUT2D eigenvalue weighted by atomic mass is 9.98. The van der Waals surface area contributed by atoms with Crippen molar-refractivity contribution in [1.82, 2.24) is 9.97 Å². The Hall–Kier alpha value is -1.16. The second-order valence-electron chi connectivity index (χ2n) is 4.80. The number of hydrogen-bond donors (Lipinski definition) is 1. The summed E-state index contributed by atoms with van der Waals surface area (Å²) in [6, 6.07) is 0. The Morgan fingerprint density at radius 2 is 2.00 bits per heavy atom. The topological polar surface area (TPSA) is 49.2 Å². The van der Waals surface area contributed by atoms with Gasteiger partial charge in [-0.15, -0.1) is 0 Å². The quantitative estimate of drug-likeness (QED) is 0.781. The van der Waals surface area contributed by atoms with Gasteiger partial charge in [0.2, 0.25) is 0 Å². The lowest BCUT2D eigenvalue weighted by molar-refractivity contribution is 0.0481. The van der Waals surface area contributed by atoms with Gasteiger partial charge in [-0.25, -0.2) is 4.98 Å². The maximum absolute atomic E-state index is 10.0. The fourth-order valence-corrected chi connectivity index (χ4v) is 2.19. The molecule has 1 aliphatic rings. The zero-order chi connectivity index (χ0) is 11.6. The van der Waals surface area contributed by atoms with E-state index in [4.69, 9.17) is 0 Å². The van der Waals surface area contributed by atoms with Crippen molar-refractivity contribution in [2.75, 3.05) is 18.0 Å². The highest BCUT2D eigenvalue weighted by molar-refractivity contribution is 5.42. The predicted molar refractivity (Wildman–Crippen MR) is 63.5 cm³/mol. The fourth-order valence-electron chi connectivity index (χ4n) is 2.19. The van der Waals surface area contributed by atoms with Gasteiger partial charge in [-0.05, 0) is 33.1 Å². The highest BCUT2D eigenvalue weighted by Gasteiger charge is 2.25. The molecule has 1 saturated heterocycles. The van der Waals surface area contributed by atoms with E-state index in [0.29, 0.717) is 0 Å². The maximum atomic E-state index is 10.0. The van der Waals surface area contributed by atoms with Gasteiger partial charge in [-0.1, -0.05) is 0 Å². The highest BCUT2D eigenvalue weighted by Crippen LogP contribution is 2.24. The molecule has 0 aromatic carbocycles. The van der Waals surface area contributed by atoms with E-state index < -0.39 is 5.60 Å². The van der Waals surface area contributed by atoms with Crippen molar-refractivity contribution < 1.29 is 5.11 Å². The van der Waals surface area contributed by atoms with Crippen LogP contribution in [0.1, 0.15) is 31.9 Å². The summed E-state index contributed by atoms with van der Waals surface area (Å²) >= 11 is 0. The average molecular weight is 221 g/mol. The normalized spacial score (nSPS) is 26.6. The van der Waals surface area contributed by atoms with Crippen molar-refractivity contribution in [2.24, 2.45) is 0 Å². The van der Waals surface area contributed by atoms with E-state index in [9.17, 15) is 5.11 Å². The number of aliphatic hydroxyl groups is 1. The van der Waals surface area contributed by atoms with Crippen molar-refractivity contribution in [3.63, 3.8) is 0 Å². The summed E-state index contributed by atoms with van der Waals surface area (Å²) in [5.74, 6) is 0.959. The largest absolute Gasteiger partial charge is 0.390 e. The first kappa shape index (κ1) is 11.3. The average Bonchev–Trinajstić information content (AvgIpc) is 2.40. The molecule has 1 unspecified atom stereocenters. The van der Waals surface area contributed by atoms with E-state index in [0.717, 1.165) is 43.9 Å². The number of nitrogens with zero attached hydrogens (tertiary/aromatic N) is 3. The molecule has 4 heteroatoms. The van der Waals surface area contributed by atoms with Gasteiger partial charge in [-0.2, -0.15) is 0 Å². The van der Waals surface area contributed by atoms with Gasteiger partial charge in [0.1, 0.15) is 5.82 Å². The molecule has 2 heterocycles. The van der Waals surface area contributed by atoms with Crippen LogP contribution in [0.15, 0.2) is 12.4 Å². The molecule has 1 aromatic heterocycles. The lowest BCUT2D eigenvalue weighted by Gasteiger charge is -2.24. The molecule has 1 aliphatic heterocycles.